The van der Waals surface area contributed by atoms with Crippen LogP contribution in [0.4, 0.5) is 0 Å². The molecule has 6 nitrogen and oxygen atoms in total. The number of hydrogen-bond donors (Lipinski definition) is 0. The lowest BCUT2D eigenvalue weighted by Gasteiger charge is -2.33. The Kier molecular flexibility index (Phi) is 4.83. The highest BCUT2D eigenvalue weighted by Gasteiger charge is 2.26. The quantitative estimate of drug-likeness (QED) is 0.865. The Labute approximate surface area is 142 Å². The van der Waals surface area contributed by atoms with Gasteiger partial charge < -0.3 is 9.64 Å². The van der Waals surface area contributed by atoms with Gasteiger partial charge in [-0.05, 0) is 45.7 Å². The van der Waals surface area contributed by atoms with Crippen LogP contribution in [0.2, 0.25) is 0 Å². The Balaban J connectivity index is 1.58. The molecule has 1 aromatic carbocycles. The minimum absolute atomic E-state index is 0.0229. The number of aromatic nitrogens is 3. The molecular weight excluding hydrogens is 304 g/mol. The first-order valence-corrected chi connectivity index (χ1v) is 8.40. The van der Waals surface area contributed by atoms with Crippen LogP contribution < -0.4 is 4.74 Å². The van der Waals surface area contributed by atoms with Crippen LogP contribution in [0.5, 0.6) is 5.75 Å². The van der Waals surface area contributed by atoms with Gasteiger partial charge in [-0.15, -0.1) is 0 Å². The average Bonchev–Trinajstić information content (AvgIpc) is 2.92. The molecule has 0 saturated carbocycles. The molecular formula is C18H24N4O2. The largest absolute Gasteiger partial charge is 0.484 e. The molecule has 0 N–H and O–H groups in total. The van der Waals surface area contributed by atoms with Gasteiger partial charge >= 0.3 is 0 Å². The van der Waals surface area contributed by atoms with Crippen molar-refractivity contribution in [1.82, 2.24) is 19.7 Å². The van der Waals surface area contributed by atoms with Gasteiger partial charge in [0, 0.05) is 13.1 Å². The standard InChI is InChI=1S/C18H24N4O2/c1-13-6-8-17(9-7-13)24-12-18(23)21-10-4-5-16(11-21)22-15(3)19-14(2)20-22/h6-9,16H,4-5,10-12H2,1-3H3. The van der Waals surface area contributed by atoms with E-state index in [0.717, 1.165) is 36.8 Å². The average molecular weight is 328 g/mol. The Morgan fingerprint density at radius 2 is 2.00 bits per heavy atom. The highest BCUT2D eigenvalue weighted by Crippen LogP contribution is 2.22. The lowest BCUT2D eigenvalue weighted by Crippen LogP contribution is -2.43. The summed E-state index contributed by atoms with van der Waals surface area (Å²) in [7, 11) is 0. The maximum absolute atomic E-state index is 12.5. The molecule has 1 aromatic heterocycles. The van der Waals surface area contributed by atoms with Crippen molar-refractivity contribution in [3.8, 4) is 5.75 Å². The first kappa shape index (κ1) is 16.5. The monoisotopic (exact) mass is 328 g/mol. The normalized spacial score (nSPS) is 17.8. The Morgan fingerprint density at radius 3 is 2.67 bits per heavy atom. The SMILES string of the molecule is Cc1ccc(OCC(=O)N2CCCC(n3nc(C)nc3C)C2)cc1. The number of piperidine rings is 1. The van der Waals surface area contributed by atoms with Gasteiger partial charge in [-0.1, -0.05) is 17.7 Å². The molecule has 0 aliphatic carbocycles. The van der Waals surface area contributed by atoms with Gasteiger partial charge in [-0.3, -0.25) is 4.79 Å². The molecule has 2 heterocycles. The van der Waals surface area contributed by atoms with Crippen LogP contribution in [-0.2, 0) is 4.79 Å². The zero-order chi connectivity index (χ0) is 17.1. The topological polar surface area (TPSA) is 60.2 Å². The molecule has 128 valence electrons. The zero-order valence-electron chi connectivity index (χ0n) is 14.5. The highest BCUT2D eigenvalue weighted by molar-refractivity contribution is 5.77. The third-order valence-corrected chi connectivity index (χ3v) is 4.39. The van der Waals surface area contributed by atoms with E-state index >= 15 is 0 Å². The number of nitrogens with zero attached hydrogens (tertiary/aromatic N) is 4. The van der Waals surface area contributed by atoms with E-state index in [2.05, 4.69) is 10.1 Å². The van der Waals surface area contributed by atoms with Crippen molar-refractivity contribution in [3.63, 3.8) is 0 Å². The zero-order valence-corrected chi connectivity index (χ0v) is 14.5. The fraction of sp³-hybridized carbons (Fsp3) is 0.500. The van der Waals surface area contributed by atoms with Crippen molar-refractivity contribution in [2.75, 3.05) is 19.7 Å². The van der Waals surface area contributed by atoms with Gasteiger partial charge in [0.2, 0.25) is 0 Å². The predicted octanol–water partition coefficient (Wildman–Crippen LogP) is 2.45. The van der Waals surface area contributed by atoms with E-state index < -0.39 is 0 Å². The minimum atomic E-state index is 0.0229. The lowest BCUT2D eigenvalue weighted by molar-refractivity contribution is -0.135. The summed E-state index contributed by atoms with van der Waals surface area (Å²) in [5, 5.41) is 4.47. The number of rotatable bonds is 4. The van der Waals surface area contributed by atoms with E-state index in [1.54, 1.807) is 0 Å². The summed E-state index contributed by atoms with van der Waals surface area (Å²) in [5.74, 6) is 2.43. The maximum atomic E-state index is 12.5. The summed E-state index contributed by atoms with van der Waals surface area (Å²) in [5.41, 5.74) is 1.17. The Morgan fingerprint density at radius 1 is 1.25 bits per heavy atom. The number of likely N-dealkylation sites (tertiary alicyclic amines) is 1. The highest BCUT2D eigenvalue weighted by atomic mass is 16.5. The van der Waals surface area contributed by atoms with Crippen LogP contribution in [0.25, 0.3) is 0 Å². The van der Waals surface area contributed by atoms with Crippen molar-refractivity contribution >= 4 is 5.91 Å². The van der Waals surface area contributed by atoms with E-state index in [0.29, 0.717) is 6.54 Å². The van der Waals surface area contributed by atoms with E-state index in [9.17, 15) is 4.79 Å². The van der Waals surface area contributed by atoms with Crippen LogP contribution in [0.1, 0.15) is 36.1 Å². The number of aryl methyl sites for hydroxylation is 3. The summed E-state index contributed by atoms with van der Waals surface area (Å²) in [6.45, 7) is 7.40. The van der Waals surface area contributed by atoms with Gasteiger partial charge in [-0.2, -0.15) is 5.10 Å². The maximum Gasteiger partial charge on any atom is 0.260 e. The van der Waals surface area contributed by atoms with Crippen LogP contribution in [0.15, 0.2) is 24.3 Å². The summed E-state index contributed by atoms with van der Waals surface area (Å²) in [6.07, 6.45) is 1.99. The Bertz CT molecular complexity index is 708. The molecule has 0 radical (unpaired) electrons. The van der Waals surface area contributed by atoms with E-state index in [1.165, 1.54) is 5.56 Å². The number of benzene rings is 1. The molecule has 6 heteroatoms. The third-order valence-electron chi connectivity index (χ3n) is 4.39. The summed E-state index contributed by atoms with van der Waals surface area (Å²) >= 11 is 0. The van der Waals surface area contributed by atoms with E-state index in [-0.39, 0.29) is 18.6 Å². The van der Waals surface area contributed by atoms with Gasteiger partial charge in [0.15, 0.2) is 6.61 Å². The number of carbonyl (C=O) groups excluding carboxylic acids is 1. The first-order chi connectivity index (χ1) is 11.5. The minimum Gasteiger partial charge on any atom is -0.484 e. The lowest BCUT2D eigenvalue weighted by atomic mass is 10.1. The molecule has 1 atom stereocenters. The smallest absolute Gasteiger partial charge is 0.260 e. The van der Waals surface area contributed by atoms with Crippen LogP contribution in [0, 0.1) is 20.8 Å². The number of amides is 1. The molecule has 1 amide bonds. The molecule has 0 spiro atoms. The summed E-state index contributed by atoms with van der Waals surface area (Å²) in [6, 6.07) is 7.94. The second kappa shape index (κ2) is 7.03. The summed E-state index contributed by atoms with van der Waals surface area (Å²) in [4.78, 5) is 18.7. The third kappa shape index (κ3) is 3.75. The molecule has 1 aliphatic heterocycles. The van der Waals surface area contributed by atoms with Gasteiger partial charge in [-0.25, -0.2) is 9.67 Å². The summed E-state index contributed by atoms with van der Waals surface area (Å²) < 4.78 is 7.57. The van der Waals surface area contributed by atoms with Gasteiger partial charge in [0.25, 0.3) is 5.91 Å². The van der Waals surface area contributed by atoms with Crippen molar-refractivity contribution in [3.05, 3.63) is 41.5 Å². The molecule has 3 rings (SSSR count). The molecule has 24 heavy (non-hydrogen) atoms. The van der Waals surface area contributed by atoms with Crippen molar-refractivity contribution in [1.29, 1.82) is 0 Å². The van der Waals surface area contributed by atoms with E-state index in [1.807, 2.05) is 54.6 Å². The molecule has 0 bridgehead atoms. The van der Waals surface area contributed by atoms with Crippen molar-refractivity contribution in [2.24, 2.45) is 0 Å². The van der Waals surface area contributed by atoms with Crippen LogP contribution >= 0.6 is 0 Å². The van der Waals surface area contributed by atoms with Crippen molar-refractivity contribution < 1.29 is 9.53 Å². The van der Waals surface area contributed by atoms with E-state index in [4.69, 9.17) is 4.74 Å². The molecule has 2 aromatic rings. The van der Waals surface area contributed by atoms with Crippen LogP contribution in [-0.4, -0.2) is 45.3 Å². The second-order valence-corrected chi connectivity index (χ2v) is 6.39. The fourth-order valence-electron chi connectivity index (χ4n) is 3.13. The number of hydrogen-bond acceptors (Lipinski definition) is 4. The predicted molar refractivity (Wildman–Crippen MR) is 91.0 cm³/mol. The van der Waals surface area contributed by atoms with Crippen molar-refractivity contribution in [2.45, 2.75) is 39.7 Å². The van der Waals surface area contributed by atoms with Crippen LogP contribution in [0.3, 0.4) is 0 Å². The van der Waals surface area contributed by atoms with Gasteiger partial charge in [0.05, 0.1) is 6.04 Å². The number of ether oxygens (including phenoxy) is 1. The fourth-order valence-corrected chi connectivity index (χ4v) is 3.13. The molecule has 1 aliphatic rings. The molecule has 1 fully saturated rings. The van der Waals surface area contributed by atoms with Gasteiger partial charge in [0.1, 0.15) is 17.4 Å². The Hall–Kier alpha value is -2.37. The first-order valence-electron chi connectivity index (χ1n) is 8.40. The second-order valence-electron chi connectivity index (χ2n) is 6.39. The number of carbonyl (C=O) groups is 1. The molecule has 1 unspecified atom stereocenters. The molecule has 1 saturated heterocycles.